The van der Waals surface area contributed by atoms with Gasteiger partial charge >= 0.3 is 5.97 Å². The van der Waals surface area contributed by atoms with E-state index in [0.717, 1.165) is 0 Å². The van der Waals surface area contributed by atoms with Gasteiger partial charge in [-0.05, 0) is 45.3 Å². The number of aromatic amines is 1. The summed E-state index contributed by atoms with van der Waals surface area (Å²) < 4.78 is 6.98. The number of nitrogens with one attached hydrogen (secondary N) is 2. The SMILES string of the molecule is CC(CN(C)C)OC(=O)c1ccc(NC(=O)CCn2cnc3c(=O)[nH]c(N)nc32)cc1. The molecule has 0 fully saturated rings. The molecule has 0 aliphatic rings. The summed E-state index contributed by atoms with van der Waals surface area (Å²) in [5, 5.41) is 2.76. The van der Waals surface area contributed by atoms with Crippen LogP contribution in [0, 0.1) is 0 Å². The van der Waals surface area contributed by atoms with Crippen molar-refractivity contribution in [1.29, 1.82) is 0 Å². The number of benzene rings is 1. The topological polar surface area (TPSA) is 148 Å². The van der Waals surface area contributed by atoms with Gasteiger partial charge in [0.2, 0.25) is 11.9 Å². The van der Waals surface area contributed by atoms with Crippen molar-refractivity contribution in [1.82, 2.24) is 24.4 Å². The van der Waals surface area contributed by atoms with Crippen LogP contribution in [0.1, 0.15) is 23.7 Å². The van der Waals surface area contributed by atoms with Crippen LogP contribution in [-0.2, 0) is 16.1 Å². The van der Waals surface area contributed by atoms with Crippen molar-refractivity contribution in [2.75, 3.05) is 31.7 Å². The minimum atomic E-state index is -0.430. The quantitative estimate of drug-likeness (QED) is 0.448. The van der Waals surface area contributed by atoms with Crippen LogP contribution in [0.15, 0.2) is 35.4 Å². The van der Waals surface area contributed by atoms with Crippen molar-refractivity contribution < 1.29 is 14.3 Å². The number of nitrogen functional groups attached to an aromatic ring is 1. The molecule has 1 amide bonds. The van der Waals surface area contributed by atoms with Gasteiger partial charge in [0, 0.05) is 25.2 Å². The Morgan fingerprint density at radius 1 is 1.29 bits per heavy atom. The molecule has 1 aromatic carbocycles. The standard InChI is InChI=1S/C20H25N7O4/c1-12(10-26(2)3)31-19(30)13-4-6-14(7-5-13)23-15(28)8-9-27-11-22-16-17(27)24-20(21)25-18(16)29/h4-7,11-12H,8-10H2,1-3H3,(H,23,28)(H3,21,24,25,29). The Hall–Kier alpha value is -3.73. The van der Waals surface area contributed by atoms with Crippen LogP contribution in [0.5, 0.6) is 0 Å². The molecule has 1 atom stereocenters. The number of hydrogen-bond donors (Lipinski definition) is 3. The number of esters is 1. The number of anilines is 2. The molecule has 0 aliphatic heterocycles. The molecule has 0 bridgehead atoms. The lowest BCUT2D eigenvalue weighted by atomic mass is 10.2. The number of aryl methyl sites for hydroxylation is 1. The molecular weight excluding hydrogens is 402 g/mol. The normalized spacial score (nSPS) is 12.1. The zero-order chi connectivity index (χ0) is 22.5. The maximum absolute atomic E-state index is 12.3. The zero-order valence-electron chi connectivity index (χ0n) is 17.6. The monoisotopic (exact) mass is 427 g/mol. The van der Waals surface area contributed by atoms with Crippen LogP contribution in [0.4, 0.5) is 11.6 Å². The third-order valence-corrected chi connectivity index (χ3v) is 4.41. The molecule has 11 nitrogen and oxygen atoms in total. The number of nitrogens with zero attached hydrogens (tertiary/aromatic N) is 4. The average Bonchev–Trinajstić information content (AvgIpc) is 3.09. The van der Waals surface area contributed by atoms with E-state index in [1.165, 1.54) is 6.33 Å². The molecule has 31 heavy (non-hydrogen) atoms. The van der Waals surface area contributed by atoms with Crippen LogP contribution in [0.2, 0.25) is 0 Å². The van der Waals surface area contributed by atoms with Crippen LogP contribution < -0.4 is 16.6 Å². The van der Waals surface area contributed by atoms with Crippen molar-refractivity contribution in [3.8, 4) is 0 Å². The highest BCUT2D eigenvalue weighted by Gasteiger charge is 2.14. The predicted octanol–water partition coefficient (Wildman–Crippen LogP) is 0.837. The Balaban J connectivity index is 1.55. The molecule has 1 unspecified atom stereocenters. The summed E-state index contributed by atoms with van der Waals surface area (Å²) >= 11 is 0. The third-order valence-electron chi connectivity index (χ3n) is 4.41. The summed E-state index contributed by atoms with van der Waals surface area (Å²) in [6, 6.07) is 6.48. The summed E-state index contributed by atoms with van der Waals surface area (Å²) in [7, 11) is 3.81. The van der Waals surface area contributed by atoms with E-state index in [0.29, 0.717) is 23.4 Å². The number of nitrogens with two attached hydrogens (primary N) is 1. The minimum absolute atomic E-state index is 0.0153. The van der Waals surface area contributed by atoms with E-state index in [9.17, 15) is 14.4 Å². The molecule has 0 radical (unpaired) electrons. The van der Waals surface area contributed by atoms with Crippen LogP contribution in [-0.4, -0.2) is 63.0 Å². The molecular formula is C20H25N7O4. The molecule has 0 spiro atoms. The number of likely N-dealkylation sites (N-methyl/N-ethyl adjacent to an activating group) is 1. The van der Waals surface area contributed by atoms with E-state index in [1.54, 1.807) is 28.8 Å². The summed E-state index contributed by atoms with van der Waals surface area (Å²) in [5.41, 5.74) is 6.58. The van der Waals surface area contributed by atoms with Gasteiger partial charge < -0.3 is 25.3 Å². The number of hydrogen-bond acceptors (Lipinski definition) is 8. The number of rotatable bonds is 8. The first-order valence-electron chi connectivity index (χ1n) is 9.69. The second kappa shape index (κ2) is 9.39. The first-order chi connectivity index (χ1) is 14.7. The fourth-order valence-corrected chi connectivity index (χ4v) is 3.07. The van der Waals surface area contributed by atoms with Crippen molar-refractivity contribution in [3.63, 3.8) is 0 Å². The summed E-state index contributed by atoms with van der Waals surface area (Å²) in [6.45, 7) is 2.73. The van der Waals surface area contributed by atoms with Crippen molar-refractivity contribution in [2.45, 2.75) is 26.0 Å². The highest BCUT2D eigenvalue weighted by atomic mass is 16.5. The van der Waals surface area contributed by atoms with Gasteiger partial charge in [-0.3, -0.25) is 14.6 Å². The molecule has 11 heteroatoms. The van der Waals surface area contributed by atoms with E-state index in [-0.39, 0.29) is 36.4 Å². The number of imidazole rings is 1. The van der Waals surface area contributed by atoms with Crippen molar-refractivity contribution in [3.05, 3.63) is 46.5 Å². The molecule has 2 heterocycles. The van der Waals surface area contributed by atoms with E-state index in [2.05, 4.69) is 20.3 Å². The second-order valence-electron chi connectivity index (χ2n) is 7.42. The Bertz CT molecular complexity index is 1130. The number of ether oxygens (including phenoxy) is 1. The Kier molecular flexibility index (Phi) is 6.65. The van der Waals surface area contributed by atoms with Gasteiger partial charge in [-0.25, -0.2) is 9.78 Å². The van der Waals surface area contributed by atoms with Gasteiger partial charge in [0.05, 0.1) is 11.9 Å². The summed E-state index contributed by atoms with van der Waals surface area (Å²) in [5.74, 6) is -0.672. The Labute approximate surface area is 178 Å². The van der Waals surface area contributed by atoms with Gasteiger partial charge in [-0.15, -0.1) is 0 Å². The maximum atomic E-state index is 12.3. The lowest BCUT2D eigenvalue weighted by molar-refractivity contribution is -0.116. The Morgan fingerprint density at radius 2 is 2.00 bits per heavy atom. The predicted molar refractivity (Wildman–Crippen MR) is 116 cm³/mol. The average molecular weight is 427 g/mol. The van der Waals surface area contributed by atoms with Crippen LogP contribution in [0.3, 0.4) is 0 Å². The zero-order valence-corrected chi connectivity index (χ0v) is 17.6. The molecule has 0 saturated carbocycles. The molecule has 3 rings (SSSR count). The molecule has 0 saturated heterocycles. The van der Waals surface area contributed by atoms with Gasteiger partial charge in [-0.2, -0.15) is 4.98 Å². The summed E-state index contributed by atoms with van der Waals surface area (Å²) in [4.78, 5) is 48.7. The van der Waals surface area contributed by atoms with Crippen LogP contribution in [0.25, 0.3) is 11.2 Å². The molecule has 0 aliphatic carbocycles. The van der Waals surface area contributed by atoms with Crippen molar-refractivity contribution >= 4 is 34.7 Å². The van der Waals surface area contributed by atoms with Gasteiger partial charge in [0.15, 0.2) is 11.2 Å². The highest BCUT2D eigenvalue weighted by molar-refractivity contribution is 5.93. The molecule has 4 N–H and O–H groups in total. The fraction of sp³-hybridized carbons (Fsp3) is 0.350. The van der Waals surface area contributed by atoms with Gasteiger partial charge in [0.1, 0.15) is 6.10 Å². The number of carbonyl (C=O) groups is 2. The fourth-order valence-electron chi connectivity index (χ4n) is 3.07. The second-order valence-corrected chi connectivity index (χ2v) is 7.42. The smallest absolute Gasteiger partial charge is 0.338 e. The lowest BCUT2D eigenvalue weighted by Crippen LogP contribution is -2.28. The molecule has 2 aromatic heterocycles. The van der Waals surface area contributed by atoms with E-state index in [1.807, 2.05) is 25.9 Å². The van der Waals surface area contributed by atoms with E-state index in [4.69, 9.17) is 10.5 Å². The number of amides is 1. The van der Waals surface area contributed by atoms with E-state index >= 15 is 0 Å². The summed E-state index contributed by atoms with van der Waals surface area (Å²) in [6.07, 6.45) is 1.34. The molecule has 3 aromatic rings. The Morgan fingerprint density at radius 3 is 2.68 bits per heavy atom. The van der Waals surface area contributed by atoms with Crippen LogP contribution >= 0.6 is 0 Å². The molecule has 164 valence electrons. The van der Waals surface area contributed by atoms with Gasteiger partial charge in [-0.1, -0.05) is 0 Å². The number of carbonyl (C=O) groups excluding carboxylic acids is 2. The third kappa shape index (κ3) is 5.66. The van der Waals surface area contributed by atoms with Gasteiger partial charge in [0.25, 0.3) is 5.56 Å². The number of H-pyrrole nitrogens is 1. The minimum Gasteiger partial charge on any atom is -0.458 e. The largest absolute Gasteiger partial charge is 0.458 e. The first-order valence-corrected chi connectivity index (χ1v) is 9.69. The first kappa shape index (κ1) is 22.0. The van der Waals surface area contributed by atoms with E-state index < -0.39 is 11.5 Å². The maximum Gasteiger partial charge on any atom is 0.338 e. The number of fused-ring (bicyclic) bond motifs is 1. The highest BCUT2D eigenvalue weighted by Crippen LogP contribution is 2.13. The lowest BCUT2D eigenvalue weighted by Gasteiger charge is -2.17. The van der Waals surface area contributed by atoms with Crippen molar-refractivity contribution in [2.24, 2.45) is 0 Å². The number of aromatic nitrogens is 4.